The van der Waals surface area contributed by atoms with Gasteiger partial charge in [0.15, 0.2) is 0 Å². The first-order valence-corrected chi connectivity index (χ1v) is 5.21. The van der Waals surface area contributed by atoms with Crippen molar-refractivity contribution in [3.05, 3.63) is 29.3 Å². The van der Waals surface area contributed by atoms with E-state index in [4.69, 9.17) is 16.3 Å². The van der Waals surface area contributed by atoms with Gasteiger partial charge in [0, 0.05) is 10.6 Å². The Morgan fingerprint density at radius 2 is 2.25 bits per heavy atom. The molecule has 0 aromatic heterocycles. The Morgan fingerprint density at radius 1 is 1.50 bits per heavy atom. The second kappa shape index (κ2) is 3.69. The van der Waals surface area contributed by atoms with Crippen molar-refractivity contribution in [1.29, 1.82) is 0 Å². The van der Waals surface area contributed by atoms with E-state index < -0.39 is 0 Å². The molecule has 3 heteroatoms. The third kappa shape index (κ3) is 2.16. The molecule has 0 saturated carbocycles. The molecule has 1 unspecified atom stereocenters. The number of thioether (sulfide) groups is 1. The van der Waals surface area contributed by atoms with Crippen LogP contribution in [0.25, 0.3) is 0 Å². The topological polar surface area (TPSA) is 12.5 Å². The summed E-state index contributed by atoms with van der Waals surface area (Å²) in [6, 6.07) is 7.90. The lowest BCUT2D eigenvalue weighted by atomic mass is 10.4. The molecule has 0 spiro atoms. The van der Waals surface area contributed by atoms with Crippen LogP contribution in [0.3, 0.4) is 0 Å². The summed E-state index contributed by atoms with van der Waals surface area (Å²) in [6.07, 6.45) is 0.464. The molecule has 0 radical (unpaired) electrons. The zero-order valence-electron chi connectivity index (χ0n) is 6.50. The normalized spacial score (nSPS) is 20.9. The molecule has 0 bridgehead atoms. The van der Waals surface area contributed by atoms with Crippen molar-refractivity contribution in [2.24, 2.45) is 0 Å². The van der Waals surface area contributed by atoms with E-state index in [2.05, 4.69) is 0 Å². The zero-order valence-corrected chi connectivity index (χ0v) is 8.07. The average molecular weight is 201 g/mol. The van der Waals surface area contributed by atoms with E-state index >= 15 is 0 Å². The fourth-order valence-corrected chi connectivity index (χ4v) is 2.15. The highest BCUT2D eigenvalue weighted by molar-refractivity contribution is 7.99. The summed E-state index contributed by atoms with van der Waals surface area (Å²) in [7, 11) is 0. The van der Waals surface area contributed by atoms with E-state index in [0.717, 1.165) is 22.3 Å². The molecule has 64 valence electrons. The summed E-state index contributed by atoms with van der Waals surface area (Å²) in [6.45, 7) is 0.914. The van der Waals surface area contributed by atoms with Gasteiger partial charge in [0.1, 0.15) is 0 Å². The maximum Gasteiger partial charge on any atom is 0.0903 e. The number of hydrogen-bond donors (Lipinski definition) is 0. The van der Waals surface area contributed by atoms with Gasteiger partial charge in [-0.15, -0.1) is 11.8 Å². The highest BCUT2D eigenvalue weighted by Gasteiger charge is 2.22. The summed E-state index contributed by atoms with van der Waals surface area (Å²) in [4.78, 5) is 1.15. The van der Waals surface area contributed by atoms with E-state index in [0.29, 0.717) is 6.10 Å². The van der Waals surface area contributed by atoms with Crippen molar-refractivity contribution in [1.82, 2.24) is 0 Å². The maximum atomic E-state index is 5.97. The molecular formula is C9H9ClOS. The van der Waals surface area contributed by atoms with Crippen LogP contribution < -0.4 is 0 Å². The van der Waals surface area contributed by atoms with Crippen LogP contribution in [0.1, 0.15) is 0 Å². The summed E-state index contributed by atoms with van der Waals surface area (Å²) >= 11 is 7.73. The Labute approximate surface area is 81.1 Å². The Bertz CT molecular complexity index is 273. The number of hydrogen-bond acceptors (Lipinski definition) is 2. The van der Waals surface area contributed by atoms with Crippen molar-refractivity contribution in [3.8, 4) is 0 Å². The van der Waals surface area contributed by atoms with Crippen molar-refractivity contribution >= 4 is 23.4 Å². The quantitative estimate of drug-likeness (QED) is 0.550. The van der Waals surface area contributed by atoms with Crippen LogP contribution >= 0.6 is 23.4 Å². The Kier molecular flexibility index (Phi) is 2.59. The molecule has 1 aliphatic heterocycles. The summed E-state index contributed by atoms with van der Waals surface area (Å²) in [5, 5.41) is 0.836. The minimum absolute atomic E-state index is 0.464. The molecule has 2 rings (SSSR count). The molecule has 0 aliphatic carbocycles. The van der Waals surface area contributed by atoms with E-state index in [-0.39, 0.29) is 0 Å². The van der Waals surface area contributed by atoms with Crippen molar-refractivity contribution < 1.29 is 4.74 Å². The summed E-state index contributed by atoms with van der Waals surface area (Å²) in [5.41, 5.74) is 0. The van der Waals surface area contributed by atoms with Gasteiger partial charge in [-0.1, -0.05) is 23.7 Å². The molecule has 0 amide bonds. The van der Waals surface area contributed by atoms with Gasteiger partial charge in [0.2, 0.25) is 0 Å². The van der Waals surface area contributed by atoms with Gasteiger partial charge in [0.05, 0.1) is 17.7 Å². The molecule has 12 heavy (non-hydrogen) atoms. The fourth-order valence-electron chi connectivity index (χ4n) is 0.909. The molecule has 1 aromatic rings. The second-order valence-corrected chi connectivity index (χ2v) is 4.17. The molecule has 1 aromatic carbocycles. The summed E-state index contributed by atoms with van der Waals surface area (Å²) in [5.74, 6) is 1.02. The smallest absolute Gasteiger partial charge is 0.0903 e. The van der Waals surface area contributed by atoms with E-state index in [1.165, 1.54) is 0 Å². The van der Waals surface area contributed by atoms with E-state index in [1.54, 1.807) is 11.8 Å². The van der Waals surface area contributed by atoms with Crippen LogP contribution in [0.2, 0.25) is 5.02 Å². The van der Waals surface area contributed by atoms with Gasteiger partial charge < -0.3 is 4.74 Å². The zero-order chi connectivity index (χ0) is 8.39. The van der Waals surface area contributed by atoms with Crippen LogP contribution in [-0.2, 0) is 4.74 Å². The first-order chi connectivity index (χ1) is 5.86. The van der Waals surface area contributed by atoms with Crippen LogP contribution in [0.5, 0.6) is 0 Å². The molecule has 1 aliphatic rings. The fraction of sp³-hybridized carbons (Fsp3) is 0.333. The van der Waals surface area contributed by atoms with Crippen LogP contribution in [0.15, 0.2) is 29.2 Å². The summed E-state index contributed by atoms with van der Waals surface area (Å²) < 4.78 is 5.11. The van der Waals surface area contributed by atoms with Gasteiger partial charge >= 0.3 is 0 Å². The molecular weight excluding hydrogens is 192 g/mol. The van der Waals surface area contributed by atoms with Gasteiger partial charge in [-0.2, -0.15) is 0 Å². The highest BCUT2D eigenvalue weighted by atomic mass is 35.5. The molecule has 1 nitrogen and oxygen atoms in total. The minimum Gasteiger partial charge on any atom is -0.372 e. The average Bonchev–Trinajstić information content (AvgIpc) is 2.86. The third-order valence-electron chi connectivity index (χ3n) is 1.66. The minimum atomic E-state index is 0.464. The van der Waals surface area contributed by atoms with Gasteiger partial charge in [-0.25, -0.2) is 0 Å². The van der Waals surface area contributed by atoms with Crippen molar-refractivity contribution in [2.45, 2.75) is 11.0 Å². The molecule has 0 N–H and O–H groups in total. The first-order valence-electron chi connectivity index (χ1n) is 3.85. The molecule has 1 atom stereocenters. The van der Waals surface area contributed by atoms with E-state index in [9.17, 15) is 0 Å². The number of ether oxygens (including phenoxy) is 1. The first kappa shape index (κ1) is 8.42. The Morgan fingerprint density at radius 3 is 2.92 bits per heavy atom. The Balaban J connectivity index is 1.96. The van der Waals surface area contributed by atoms with Crippen LogP contribution in [0.4, 0.5) is 0 Å². The van der Waals surface area contributed by atoms with Crippen LogP contribution in [-0.4, -0.2) is 18.5 Å². The van der Waals surface area contributed by atoms with Gasteiger partial charge in [0.25, 0.3) is 0 Å². The van der Waals surface area contributed by atoms with Crippen molar-refractivity contribution in [2.75, 3.05) is 12.4 Å². The number of epoxide rings is 1. The lowest BCUT2D eigenvalue weighted by Gasteiger charge is -2.00. The molecule has 1 saturated heterocycles. The predicted octanol–water partition coefficient (Wildman–Crippen LogP) is 2.83. The monoisotopic (exact) mass is 200 g/mol. The van der Waals surface area contributed by atoms with Gasteiger partial charge in [-0.05, 0) is 12.1 Å². The van der Waals surface area contributed by atoms with Gasteiger partial charge in [-0.3, -0.25) is 0 Å². The second-order valence-electron chi connectivity index (χ2n) is 2.70. The van der Waals surface area contributed by atoms with E-state index in [1.807, 2.05) is 24.3 Å². The van der Waals surface area contributed by atoms with Crippen molar-refractivity contribution in [3.63, 3.8) is 0 Å². The lowest BCUT2D eigenvalue weighted by molar-refractivity contribution is 0.426. The molecule has 1 heterocycles. The SMILES string of the molecule is Clc1ccccc1SCC1CO1. The third-order valence-corrected chi connectivity index (χ3v) is 3.31. The molecule has 1 fully saturated rings. The Hall–Kier alpha value is -0.180. The maximum absolute atomic E-state index is 5.97. The predicted molar refractivity (Wildman–Crippen MR) is 51.9 cm³/mol. The highest BCUT2D eigenvalue weighted by Crippen LogP contribution is 2.29. The standard InChI is InChI=1S/C9H9ClOS/c10-8-3-1-2-4-9(8)12-6-7-5-11-7/h1-4,7H,5-6H2. The largest absolute Gasteiger partial charge is 0.372 e. The number of benzene rings is 1. The van der Waals surface area contributed by atoms with Crippen LogP contribution in [0, 0.1) is 0 Å². The number of rotatable bonds is 3. The number of halogens is 1. The lowest BCUT2D eigenvalue weighted by Crippen LogP contribution is -1.88.